The first-order valence-corrected chi connectivity index (χ1v) is 8.02. The summed E-state index contributed by atoms with van der Waals surface area (Å²) in [6, 6.07) is 5.08. The van der Waals surface area contributed by atoms with Gasteiger partial charge in [0.15, 0.2) is 0 Å². The van der Waals surface area contributed by atoms with Crippen LogP contribution in [0.5, 0.6) is 0 Å². The Hall–Kier alpha value is -1.24. The van der Waals surface area contributed by atoms with Crippen molar-refractivity contribution < 1.29 is 21.6 Å². The van der Waals surface area contributed by atoms with Crippen molar-refractivity contribution in [1.29, 1.82) is 0 Å². The minimum absolute atomic E-state index is 0.0245. The molecule has 0 unspecified atom stereocenters. The molecule has 0 saturated carbocycles. The van der Waals surface area contributed by atoms with Crippen LogP contribution in [-0.2, 0) is 9.84 Å². The van der Waals surface area contributed by atoms with Gasteiger partial charge in [-0.15, -0.1) is 0 Å². The van der Waals surface area contributed by atoms with Crippen LogP contribution in [0.25, 0.3) is 0 Å². The number of hydrogen-bond donors (Lipinski definition) is 1. The number of sulfone groups is 1. The Morgan fingerprint density at radius 3 is 2.14 bits per heavy atom. The van der Waals surface area contributed by atoms with Crippen molar-refractivity contribution in [3.63, 3.8) is 0 Å². The van der Waals surface area contributed by atoms with E-state index in [0.29, 0.717) is 6.54 Å². The lowest BCUT2D eigenvalue weighted by Crippen LogP contribution is -2.30. The number of anilines is 1. The summed E-state index contributed by atoms with van der Waals surface area (Å²) < 4.78 is 61.2. The molecule has 1 rings (SSSR count). The van der Waals surface area contributed by atoms with E-state index in [2.05, 4.69) is 5.32 Å². The SMILES string of the molecule is CC(C)C(C)(C)CNc1ccccc1S(=O)(=O)C(F)(F)F. The predicted molar refractivity (Wildman–Crippen MR) is 76.8 cm³/mol. The van der Waals surface area contributed by atoms with Crippen molar-refractivity contribution in [2.24, 2.45) is 11.3 Å². The summed E-state index contributed by atoms with van der Waals surface area (Å²) in [6.07, 6.45) is 0. The second-order valence-corrected chi connectivity index (χ2v) is 7.85. The Morgan fingerprint density at radius 1 is 1.14 bits per heavy atom. The highest BCUT2D eigenvalue weighted by Crippen LogP contribution is 2.35. The van der Waals surface area contributed by atoms with Crippen LogP contribution in [0, 0.1) is 11.3 Å². The van der Waals surface area contributed by atoms with Gasteiger partial charge in [0.2, 0.25) is 0 Å². The lowest BCUT2D eigenvalue weighted by Gasteiger charge is -2.30. The molecule has 0 bridgehead atoms. The van der Waals surface area contributed by atoms with Crippen molar-refractivity contribution in [2.45, 2.75) is 38.1 Å². The van der Waals surface area contributed by atoms with Crippen molar-refractivity contribution in [3.05, 3.63) is 24.3 Å². The summed E-state index contributed by atoms with van der Waals surface area (Å²) in [5.41, 5.74) is -5.52. The van der Waals surface area contributed by atoms with E-state index in [1.165, 1.54) is 18.2 Å². The molecular weight excluding hydrogens is 303 g/mol. The highest BCUT2D eigenvalue weighted by atomic mass is 32.2. The van der Waals surface area contributed by atoms with E-state index >= 15 is 0 Å². The molecule has 120 valence electrons. The molecule has 7 heteroatoms. The Balaban J connectivity index is 3.13. The van der Waals surface area contributed by atoms with E-state index in [0.717, 1.165) is 6.07 Å². The third-order valence-corrected chi connectivity index (χ3v) is 5.32. The maximum atomic E-state index is 12.7. The number of nitrogens with one attached hydrogen (secondary N) is 1. The van der Waals surface area contributed by atoms with Gasteiger partial charge in [-0.05, 0) is 23.5 Å². The van der Waals surface area contributed by atoms with Gasteiger partial charge < -0.3 is 5.32 Å². The molecule has 0 atom stereocenters. The molecule has 0 amide bonds. The molecule has 0 aliphatic carbocycles. The van der Waals surface area contributed by atoms with Gasteiger partial charge in [-0.2, -0.15) is 13.2 Å². The monoisotopic (exact) mass is 323 g/mol. The third-order valence-electron chi connectivity index (χ3n) is 3.78. The van der Waals surface area contributed by atoms with E-state index in [1.807, 2.05) is 27.7 Å². The highest BCUT2D eigenvalue weighted by molar-refractivity contribution is 7.92. The zero-order valence-electron chi connectivity index (χ0n) is 12.5. The molecule has 0 aliphatic heterocycles. The summed E-state index contributed by atoms with van der Waals surface area (Å²) in [5, 5.41) is 2.83. The summed E-state index contributed by atoms with van der Waals surface area (Å²) in [6.45, 7) is 8.30. The molecule has 0 aromatic heterocycles. The third kappa shape index (κ3) is 3.90. The van der Waals surface area contributed by atoms with E-state index in [9.17, 15) is 21.6 Å². The number of benzene rings is 1. The number of rotatable bonds is 5. The lowest BCUT2D eigenvalue weighted by molar-refractivity contribution is -0.0435. The molecular formula is C14H20F3NO2S. The maximum Gasteiger partial charge on any atom is 0.501 e. The Kier molecular flexibility index (Phi) is 4.98. The van der Waals surface area contributed by atoms with Crippen molar-refractivity contribution >= 4 is 15.5 Å². The molecule has 0 saturated heterocycles. The van der Waals surface area contributed by atoms with Crippen molar-refractivity contribution in [1.82, 2.24) is 0 Å². The van der Waals surface area contributed by atoms with Crippen molar-refractivity contribution in [2.75, 3.05) is 11.9 Å². The van der Waals surface area contributed by atoms with Crippen LogP contribution in [0.4, 0.5) is 18.9 Å². The number of para-hydroxylation sites is 1. The van der Waals surface area contributed by atoms with Crippen LogP contribution in [-0.4, -0.2) is 20.5 Å². The first-order chi connectivity index (χ1) is 9.39. The predicted octanol–water partition coefficient (Wildman–Crippen LogP) is 4.07. The van der Waals surface area contributed by atoms with Gasteiger partial charge in [0.05, 0.1) is 10.6 Å². The second-order valence-electron chi connectivity index (χ2n) is 5.94. The van der Waals surface area contributed by atoms with E-state index in [-0.39, 0.29) is 17.0 Å². The van der Waals surface area contributed by atoms with Gasteiger partial charge in [-0.25, -0.2) is 8.42 Å². The minimum Gasteiger partial charge on any atom is -0.383 e. The molecule has 3 nitrogen and oxygen atoms in total. The van der Waals surface area contributed by atoms with Crippen LogP contribution in [0.2, 0.25) is 0 Å². The van der Waals surface area contributed by atoms with E-state index < -0.39 is 20.2 Å². The average molecular weight is 323 g/mol. The first kappa shape index (κ1) is 17.8. The quantitative estimate of drug-likeness (QED) is 0.888. The Labute approximate surface area is 123 Å². The van der Waals surface area contributed by atoms with Crippen LogP contribution >= 0.6 is 0 Å². The Morgan fingerprint density at radius 2 is 1.67 bits per heavy atom. The van der Waals surface area contributed by atoms with Crippen molar-refractivity contribution in [3.8, 4) is 0 Å². The zero-order valence-corrected chi connectivity index (χ0v) is 13.3. The fraction of sp³-hybridized carbons (Fsp3) is 0.571. The standard InChI is InChI=1S/C14H20F3NO2S/c1-10(2)13(3,4)9-18-11-7-5-6-8-12(11)21(19,20)14(15,16)17/h5-8,10,18H,9H2,1-4H3. The largest absolute Gasteiger partial charge is 0.501 e. The minimum atomic E-state index is -5.36. The normalized spacial score (nSPS) is 13.5. The molecule has 0 aliphatic rings. The number of halogens is 3. The molecule has 0 heterocycles. The van der Waals surface area contributed by atoms with Gasteiger partial charge >= 0.3 is 5.51 Å². The summed E-state index contributed by atoms with van der Waals surface area (Å²) in [7, 11) is -5.36. The molecule has 1 N–H and O–H groups in total. The van der Waals surface area contributed by atoms with Crippen LogP contribution < -0.4 is 5.32 Å². The number of alkyl halides is 3. The van der Waals surface area contributed by atoms with Gasteiger partial charge in [0.25, 0.3) is 9.84 Å². The molecule has 0 radical (unpaired) electrons. The fourth-order valence-corrected chi connectivity index (χ4v) is 2.44. The number of hydrogen-bond acceptors (Lipinski definition) is 3. The molecule has 0 spiro atoms. The van der Waals surface area contributed by atoms with E-state index in [4.69, 9.17) is 0 Å². The first-order valence-electron chi connectivity index (χ1n) is 6.54. The van der Waals surface area contributed by atoms with Gasteiger partial charge in [0.1, 0.15) is 0 Å². The maximum absolute atomic E-state index is 12.7. The molecule has 1 aromatic rings. The van der Waals surface area contributed by atoms with Gasteiger partial charge in [-0.1, -0.05) is 39.8 Å². The molecule has 1 aromatic carbocycles. The highest BCUT2D eigenvalue weighted by Gasteiger charge is 2.47. The smallest absolute Gasteiger partial charge is 0.383 e. The summed E-state index contributed by atoms with van der Waals surface area (Å²) in [5.74, 6) is 0.288. The fourth-order valence-electron chi connectivity index (χ4n) is 1.50. The summed E-state index contributed by atoms with van der Waals surface area (Å²) in [4.78, 5) is -0.739. The molecule has 0 fully saturated rings. The lowest BCUT2D eigenvalue weighted by atomic mass is 9.81. The van der Waals surface area contributed by atoms with E-state index in [1.54, 1.807) is 0 Å². The van der Waals surface area contributed by atoms with Gasteiger partial charge in [-0.3, -0.25) is 0 Å². The van der Waals surface area contributed by atoms with Crippen LogP contribution in [0.3, 0.4) is 0 Å². The van der Waals surface area contributed by atoms with Gasteiger partial charge in [0, 0.05) is 6.54 Å². The topological polar surface area (TPSA) is 46.2 Å². The average Bonchev–Trinajstić information content (AvgIpc) is 2.35. The zero-order chi connectivity index (χ0) is 16.5. The molecule has 21 heavy (non-hydrogen) atoms. The Bertz CT molecular complexity index is 592. The van der Waals surface area contributed by atoms with Crippen LogP contribution in [0.1, 0.15) is 27.7 Å². The summed E-state index contributed by atoms with van der Waals surface area (Å²) >= 11 is 0. The second kappa shape index (κ2) is 5.87. The van der Waals surface area contributed by atoms with Crippen LogP contribution in [0.15, 0.2) is 29.2 Å².